The highest BCUT2D eigenvalue weighted by Gasteiger charge is 2.43. The Morgan fingerprint density at radius 3 is 2.62 bits per heavy atom. The average molecular weight is 324 g/mol. The lowest BCUT2D eigenvalue weighted by Crippen LogP contribution is -2.39. The zero-order valence-electron chi connectivity index (χ0n) is 12.3. The molecule has 2 N–H and O–H groups in total. The smallest absolute Gasteiger partial charge is 0.327 e. The average Bonchev–Trinajstić information content (AvgIpc) is 2.64. The van der Waals surface area contributed by atoms with Crippen LogP contribution in [-0.2, 0) is 13.5 Å². The molecule has 21 heavy (non-hydrogen) atoms. The first-order chi connectivity index (χ1) is 9.70. The number of hydrogen-bond donors (Lipinski definition) is 1. The Balaban J connectivity index is 2.04. The summed E-state index contributed by atoms with van der Waals surface area (Å²) in [4.78, 5) is 0. The molecule has 0 bridgehead atoms. The van der Waals surface area contributed by atoms with Crippen LogP contribution in [0.3, 0.4) is 0 Å². The Morgan fingerprint density at radius 1 is 1.43 bits per heavy atom. The van der Waals surface area contributed by atoms with Gasteiger partial charge in [0.15, 0.2) is 0 Å². The number of nitrogens with zero attached hydrogens (tertiary/aromatic N) is 2. The molecule has 3 nitrogen and oxygen atoms in total. The quantitative estimate of drug-likeness (QED) is 0.923. The molecule has 3 atom stereocenters. The van der Waals surface area contributed by atoms with E-state index in [1.54, 1.807) is 18.7 Å². The molecule has 7 heteroatoms. The number of alkyl halides is 3. The van der Waals surface area contributed by atoms with Crippen LogP contribution in [-0.4, -0.2) is 22.0 Å². The molecular weight excluding hydrogens is 303 g/mol. The van der Waals surface area contributed by atoms with Gasteiger partial charge in [-0.25, -0.2) is 0 Å². The molecule has 0 aliphatic heterocycles. The second-order valence-electron chi connectivity index (χ2n) is 6.00. The van der Waals surface area contributed by atoms with Crippen molar-refractivity contribution in [3.05, 3.63) is 16.4 Å². The van der Waals surface area contributed by atoms with Crippen molar-refractivity contribution < 1.29 is 13.2 Å². The van der Waals surface area contributed by atoms with E-state index in [0.717, 1.165) is 17.8 Å². The second kappa shape index (κ2) is 6.16. The first kappa shape index (κ1) is 16.6. The third kappa shape index (κ3) is 3.72. The van der Waals surface area contributed by atoms with E-state index in [4.69, 9.17) is 17.3 Å². The molecule has 0 aromatic carbocycles. The molecule has 1 fully saturated rings. The zero-order valence-corrected chi connectivity index (χ0v) is 13.0. The van der Waals surface area contributed by atoms with E-state index in [0.29, 0.717) is 17.9 Å². The van der Waals surface area contributed by atoms with Crippen molar-refractivity contribution in [1.29, 1.82) is 0 Å². The van der Waals surface area contributed by atoms with E-state index in [1.165, 1.54) is 0 Å². The molecule has 0 spiro atoms. The van der Waals surface area contributed by atoms with Crippen LogP contribution in [0.2, 0.25) is 5.02 Å². The Bertz CT molecular complexity index is 498. The highest BCUT2D eigenvalue weighted by molar-refractivity contribution is 6.31. The largest absolute Gasteiger partial charge is 0.391 e. The number of aryl methyl sites for hydroxylation is 2. The Labute approximate surface area is 127 Å². The zero-order chi connectivity index (χ0) is 15.8. The summed E-state index contributed by atoms with van der Waals surface area (Å²) in [6.45, 7) is 1.80. The fraction of sp³-hybridized carbons (Fsp3) is 0.786. The summed E-state index contributed by atoms with van der Waals surface area (Å²) in [6.07, 6.45) is -1.97. The van der Waals surface area contributed by atoms with Crippen molar-refractivity contribution in [3.63, 3.8) is 0 Å². The summed E-state index contributed by atoms with van der Waals surface area (Å²) >= 11 is 6.18. The van der Waals surface area contributed by atoms with Crippen molar-refractivity contribution >= 4 is 11.6 Å². The van der Waals surface area contributed by atoms with Gasteiger partial charge in [0.25, 0.3) is 0 Å². The molecular formula is C14H21ClF3N3. The first-order valence-electron chi connectivity index (χ1n) is 7.20. The van der Waals surface area contributed by atoms with Crippen molar-refractivity contribution in [2.75, 3.05) is 0 Å². The van der Waals surface area contributed by atoms with Gasteiger partial charge in [-0.05, 0) is 32.1 Å². The third-order valence-electron chi connectivity index (χ3n) is 4.47. The monoisotopic (exact) mass is 323 g/mol. The van der Waals surface area contributed by atoms with Gasteiger partial charge in [-0.3, -0.25) is 4.68 Å². The molecule has 1 aliphatic rings. The SMILES string of the molecule is Cc1nn(C)c(CC(N)C2CCCC(C(F)(F)F)C2)c1Cl. The van der Waals surface area contributed by atoms with Gasteiger partial charge in [0.2, 0.25) is 0 Å². The summed E-state index contributed by atoms with van der Waals surface area (Å²) < 4.78 is 40.2. The summed E-state index contributed by atoms with van der Waals surface area (Å²) in [7, 11) is 1.78. The summed E-state index contributed by atoms with van der Waals surface area (Å²) in [6, 6.07) is -0.317. The lowest BCUT2D eigenvalue weighted by Gasteiger charge is -2.33. The molecule has 0 radical (unpaired) electrons. The number of nitrogens with two attached hydrogens (primary N) is 1. The van der Waals surface area contributed by atoms with Gasteiger partial charge in [0.1, 0.15) is 0 Å². The molecule has 1 saturated carbocycles. The van der Waals surface area contributed by atoms with Crippen LogP contribution in [0, 0.1) is 18.8 Å². The maximum absolute atomic E-state index is 12.9. The lowest BCUT2D eigenvalue weighted by atomic mass is 9.76. The van der Waals surface area contributed by atoms with E-state index in [-0.39, 0.29) is 24.8 Å². The van der Waals surface area contributed by atoms with Gasteiger partial charge in [0.05, 0.1) is 22.3 Å². The van der Waals surface area contributed by atoms with E-state index in [2.05, 4.69) is 5.10 Å². The normalized spacial score (nSPS) is 25.1. The van der Waals surface area contributed by atoms with Gasteiger partial charge in [-0.15, -0.1) is 0 Å². The first-order valence-corrected chi connectivity index (χ1v) is 7.58. The Hall–Kier alpha value is -0.750. The van der Waals surface area contributed by atoms with Crippen LogP contribution in [0.5, 0.6) is 0 Å². The third-order valence-corrected chi connectivity index (χ3v) is 4.97. The van der Waals surface area contributed by atoms with E-state index in [1.807, 2.05) is 0 Å². The van der Waals surface area contributed by atoms with Crippen LogP contribution in [0.15, 0.2) is 0 Å². The van der Waals surface area contributed by atoms with Gasteiger partial charge in [0, 0.05) is 19.5 Å². The van der Waals surface area contributed by atoms with Crippen LogP contribution in [0.1, 0.15) is 37.1 Å². The van der Waals surface area contributed by atoms with Crippen LogP contribution in [0.25, 0.3) is 0 Å². The fourth-order valence-electron chi connectivity index (χ4n) is 3.21. The van der Waals surface area contributed by atoms with Crippen molar-refractivity contribution in [2.45, 2.75) is 51.2 Å². The highest BCUT2D eigenvalue weighted by Crippen LogP contribution is 2.41. The summed E-state index contributed by atoms with van der Waals surface area (Å²) in [5.74, 6) is -1.33. The maximum atomic E-state index is 12.9. The van der Waals surface area contributed by atoms with E-state index in [9.17, 15) is 13.2 Å². The van der Waals surface area contributed by atoms with Gasteiger partial charge in [-0.1, -0.05) is 18.0 Å². The van der Waals surface area contributed by atoms with Gasteiger partial charge in [-0.2, -0.15) is 18.3 Å². The molecule has 2 rings (SSSR count). The van der Waals surface area contributed by atoms with Gasteiger partial charge < -0.3 is 5.73 Å². The molecule has 3 unspecified atom stereocenters. The van der Waals surface area contributed by atoms with Crippen molar-refractivity contribution in [2.24, 2.45) is 24.6 Å². The molecule has 1 aromatic heterocycles. The minimum absolute atomic E-state index is 0.114. The molecule has 0 amide bonds. The predicted octanol–water partition coefficient (Wildman–Crippen LogP) is 3.62. The lowest BCUT2D eigenvalue weighted by molar-refractivity contribution is -0.186. The number of hydrogen-bond acceptors (Lipinski definition) is 2. The van der Waals surface area contributed by atoms with Crippen LogP contribution < -0.4 is 5.73 Å². The number of halogens is 4. The fourth-order valence-corrected chi connectivity index (χ4v) is 3.44. The topological polar surface area (TPSA) is 43.8 Å². The summed E-state index contributed by atoms with van der Waals surface area (Å²) in [5, 5.41) is 4.78. The maximum Gasteiger partial charge on any atom is 0.391 e. The number of rotatable bonds is 3. The Morgan fingerprint density at radius 2 is 2.10 bits per heavy atom. The Kier molecular flexibility index (Phi) is 4.88. The number of aromatic nitrogens is 2. The van der Waals surface area contributed by atoms with E-state index >= 15 is 0 Å². The van der Waals surface area contributed by atoms with Crippen molar-refractivity contribution in [3.8, 4) is 0 Å². The second-order valence-corrected chi connectivity index (χ2v) is 6.38. The molecule has 1 heterocycles. The predicted molar refractivity (Wildman–Crippen MR) is 76.1 cm³/mol. The molecule has 0 saturated heterocycles. The molecule has 1 aromatic rings. The standard InChI is InChI=1S/C14H21ClF3N3/c1-8-13(15)12(21(2)20-8)7-11(19)9-4-3-5-10(6-9)14(16,17)18/h9-11H,3-7,19H2,1-2H3. The molecule has 120 valence electrons. The van der Waals surface area contributed by atoms with Crippen LogP contribution >= 0.6 is 11.6 Å². The minimum Gasteiger partial charge on any atom is -0.327 e. The highest BCUT2D eigenvalue weighted by atomic mass is 35.5. The van der Waals surface area contributed by atoms with Gasteiger partial charge >= 0.3 is 6.18 Å². The van der Waals surface area contributed by atoms with Crippen molar-refractivity contribution in [1.82, 2.24) is 9.78 Å². The van der Waals surface area contributed by atoms with E-state index < -0.39 is 12.1 Å². The minimum atomic E-state index is -4.11. The van der Waals surface area contributed by atoms with Crippen LogP contribution in [0.4, 0.5) is 13.2 Å². The summed E-state index contributed by atoms with van der Waals surface area (Å²) in [5.41, 5.74) is 7.69. The molecule has 1 aliphatic carbocycles.